The van der Waals surface area contributed by atoms with Gasteiger partial charge in [0, 0.05) is 31.2 Å². The van der Waals surface area contributed by atoms with E-state index in [1.165, 1.54) is 163 Å². The van der Waals surface area contributed by atoms with Crippen LogP contribution in [0.1, 0.15) is 22.3 Å². The molecule has 374 valence electrons. The van der Waals surface area contributed by atoms with E-state index in [1.54, 1.807) is 0 Å². The molecule has 0 fully saturated rings. The first kappa shape index (κ1) is 45.3. The summed E-state index contributed by atoms with van der Waals surface area (Å²) in [6.07, 6.45) is 0. The molecule has 18 rings (SSSR count). The molecule has 0 radical (unpaired) electrons. The lowest BCUT2D eigenvalue weighted by atomic mass is 9.68. The van der Waals surface area contributed by atoms with Gasteiger partial charge in [-0.15, -0.1) is 0 Å². The fourth-order valence-electron chi connectivity index (χ4n) is 15.3. The van der Waals surface area contributed by atoms with E-state index in [0.29, 0.717) is 0 Å². The minimum atomic E-state index is -0.761. The van der Waals surface area contributed by atoms with Crippen LogP contribution in [0.25, 0.3) is 141 Å². The molecule has 2 aromatic heterocycles. The topological polar surface area (TPSA) is 0 Å². The fourth-order valence-corrected chi connectivity index (χ4v) is 20.6. The maximum Gasteiger partial charge on any atom is 0.0731 e. The third-order valence-electron chi connectivity index (χ3n) is 18.3. The van der Waals surface area contributed by atoms with Crippen LogP contribution in [0.3, 0.4) is 0 Å². The van der Waals surface area contributed by atoms with Crippen molar-refractivity contribution in [3.63, 3.8) is 0 Å². The molecule has 2 atom stereocenters. The molecule has 14 aromatic carbocycles. The number of rotatable bonds is 5. The molecule has 16 aromatic rings. The zero-order valence-electron chi connectivity index (χ0n) is 44.1. The van der Waals surface area contributed by atoms with Crippen molar-refractivity contribution in [1.29, 1.82) is 0 Å². The van der Waals surface area contributed by atoms with Gasteiger partial charge in [-0.25, -0.2) is 0 Å². The van der Waals surface area contributed by atoms with Gasteiger partial charge in [0.15, 0.2) is 0 Å². The van der Waals surface area contributed by atoms with Crippen molar-refractivity contribution >= 4 is 89.4 Å². The fraction of sp³-hybridized carbons (Fsp3) is 0.0127. The number of hydrogen-bond acceptors (Lipinski definition) is 0. The van der Waals surface area contributed by atoms with Crippen molar-refractivity contribution in [3.8, 4) is 66.2 Å². The maximum absolute atomic E-state index is 2.58. The highest BCUT2D eigenvalue weighted by molar-refractivity contribution is 7.68. The van der Waals surface area contributed by atoms with Crippen LogP contribution in [0, 0.1) is 0 Å². The monoisotopic (exact) mass is 1060 g/mol. The highest BCUT2D eigenvalue weighted by Crippen LogP contribution is 2.67. The third-order valence-corrected chi connectivity index (χ3v) is 23.4. The van der Waals surface area contributed by atoms with Crippen LogP contribution in [0.15, 0.2) is 291 Å². The Morgan fingerprint density at radius 2 is 0.617 bits per heavy atom. The van der Waals surface area contributed by atoms with Gasteiger partial charge in [-0.05, 0) is 150 Å². The minimum absolute atomic E-state index is 0.584. The van der Waals surface area contributed by atoms with Gasteiger partial charge in [-0.1, -0.05) is 288 Å². The second kappa shape index (κ2) is 17.2. The largest absolute Gasteiger partial charge is 0.0772 e. The van der Waals surface area contributed by atoms with Gasteiger partial charge < -0.3 is 0 Å². The van der Waals surface area contributed by atoms with E-state index in [0.717, 1.165) is 0 Å². The van der Waals surface area contributed by atoms with Crippen molar-refractivity contribution in [2.45, 2.75) is 5.41 Å². The van der Waals surface area contributed by atoms with Gasteiger partial charge in [-0.2, -0.15) is 0 Å². The smallest absolute Gasteiger partial charge is 0.0731 e. The van der Waals surface area contributed by atoms with Crippen LogP contribution in [0.2, 0.25) is 0 Å². The molecule has 0 saturated carbocycles. The van der Waals surface area contributed by atoms with Crippen LogP contribution in [0.4, 0.5) is 0 Å². The summed E-state index contributed by atoms with van der Waals surface area (Å²) in [5.74, 6) is 0. The van der Waals surface area contributed by atoms with Crippen molar-refractivity contribution in [2.75, 3.05) is 0 Å². The molecular weight excluding hydrogens is 1010 g/mol. The van der Waals surface area contributed by atoms with E-state index in [-0.39, 0.29) is 0 Å². The Kier molecular flexibility index (Phi) is 9.64. The Bertz CT molecular complexity index is 5080. The molecule has 81 heavy (non-hydrogen) atoms. The van der Waals surface area contributed by atoms with Crippen molar-refractivity contribution < 1.29 is 0 Å². The van der Waals surface area contributed by atoms with Gasteiger partial charge in [-0.3, -0.25) is 0 Å². The molecule has 2 heteroatoms. The predicted octanol–water partition coefficient (Wildman–Crippen LogP) is 23.1. The molecule has 0 bridgehead atoms. The first-order valence-electron chi connectivity index (χ1n) is 28.3. The Hall–Kier alpha value is -9.54. The van der Waals surface area contributed by atoms with Gasteiger partial charge in [0.2, 0.25) is 0 Å². The first-order valence-corrected chi connectivity index (χ1v) is 30.9. The van der Waals surface area contributed by atoms with Crippen LogP contribution >= 0.6 is 15.1 Å². The molecule has 2 aliphatic rings. The molecule has 0 N–H and O–H groups in total. The van der Waals surface area contributed by atoms with E-state index in [2.05, 4.69) is 291 Å². The molecule has 0 saturated heterocycles. The SMILES string of the molecule is c1ccc(-p2c3ccccc3c3c(-c4cccc5c(-c6cccc7c6C6(c8ccccc8-c8ccccc86)c6ccc8ccccc8c6-7)c6cccc(-c7cccc8c7c7ccccc7p8-c7ccccc7)c6cc45)cccc32)cc1. The Labute approximate surface area is 471 Å². The van der Waals surface area contributed by atoms with Crippen LogP contribution in [-0.2, 0) is 5.41 Å². The van der Waals surface area contributed by atoms with Gasteiger partial charge in [0.25, 0.3) is 0 Å². The Morgan fingerprint density at radius 1 is 0.222 bits per heavy atom. The number of fused-ring (bicyclic) bond motifs is 20. The zero-order chi connectivity index (χ0) is 52.9. The van der Waals surface area contributed by atoms with E-state index < -0.39 is 20.5 Å². The summed E-state index contributed by atoms with van der Waals surface area (Å²) in [5.41, 5.74) is 17.7. The van der Waals surface area contributed by atoms with E-state index in [4.69, 9.17) is 0 Å². The lowest BCUT2D eigenvalue weighted by Crippen LogP contribution is -2.26. The highest BCUT2D eigenvalue weighted by atomic mass is 31.1. The minimum Gasteiger partial charge on any atom is -0.0772 e. The van der Waals surface area contributed by atoms with Gasteiger partial charge in [0.1, 0.15) is 0 Å². The second-order valence-corrected chi connectivity index (χ2v) is 26.4. The van der Waals surface area contributed by atoms with Crippen LogP contribution < -0.4 is 0 Å². The molecule has 1 spiro atoms. The predicted molar refractivity (Wildman–Crippen MR) is 350 cm³/mol. The van der Waals surface area contributed by atoms with Crippen molar-refractivity contribution in [1.82, 2.24) is 0 Å². The molecule has 0 aliphatic heterocycles. The lowest BCUT2D eigenvalue weighted by Gasteiger charge is -2.33. The number of benzene rings is 14. The summed E-state index contributed by atoms with van der Waals surface area (Å²) < 4.78 is 0. The van der Waals surface area contributed by atoms with Gasteiger partial charge >= 0.3 is 0 Å². The van der Waals surface area contributed by atoms with Crippen molar-refractivity contribution in [2.24, 2.45) is 0 Å². The average Bonchev–Trinajstić information content (AvgIpc) is 2.90. The van der Waals surface area contributed by atoms with E-state index in [9.17, 15) is 0 Å². The highest BCUT2D eigenvalue weighted by Gasteiger charge is 2.53. The normalized spacial score (nSPS) is 13.5. The summed E-state index contributed by atoms with van der Waals surface area (Å²) in [6, 6.07) is 112. The van der Waals surface area contributed by atoms with Gasteiger partial charge in [0.05, 0.1) is 5.41 Å². The lowest BCUT2D eigenvalue weighted by molar-refractivity contribution is 0.796. The molecule has 0 amide bonds. The summed E-state index contributed by atoms with van der Waals surface area (Å²) in [4.78, 5) is 0. The van der Waals surface area contributed by atoms with Crippen LogP contribution in [-0.4, -0.2) is 0 Å². The van der Waals surface area contributed by atoms with Crippen LogP contribution in [0.5, 0.6) is 0 Å². The second-order valence-electron chi connectivity index (χ2n) is 22.1. The Balaban J connectivity index is 1.01. The maximum atomic E-state index is 2.58. The summed E-state index contributed by atoms with van der Waals surface area (Å²) in [7, 11) is -1.52. The Morgan fingerprint density at radius 3 is 1.19 bits per heavy atom. The van der Waals surface area contributed by atoms with E-state index in [1.807, 2.05) is 0 Å². The third kappa shape index (κ3) is 6.11. The summed E-state index contributed by atoms with van der Waals surface area (Å²) in [5, 5.41) is 21.5. The number of hydrogen-bond donors (Lipinski definition) is 0. The zero-order valence-corrected chi connectivity index (χ0v) is 45.9. The molecule has 2 heterocycles. The molecule has 2 unspecified atom stereocenters. The van der Waals surface area contributed by atoms with E-state index >= 15 is 0 Å². The summed E-state index contributed by atoms with van der Waals surface area (Å²) >= 11 is 0. The molecular formula is C79H48P2. The summed E-state index contributed by atoms with van der Waals surface area (Å²) in [6.45, 7) is 0. The first-order chi connectivity index (χ1) is 40.3. The molecule has 0 nitrogen and oxygen atoms in total. The quantitative estimate of drug-likeness (QED) is 0.151. The average molecular weight is 1060 g/mol. The molecule has 2 aliphatic carbocycles. The standard InChI is InChI=1S/C79H48P2/c1-3-23-50(24-4-1)80-70-42-15-11-30-61(70)76-57(36-20-44-72(76)80)53-32-17-34-59-65(53)48-66-54(58-37-21-45-73-77(58)62-31-12-16-43-71(62)81(73)51-25-5-2-6-26-51)33-18-35-60(66)74(59)63-38-19-39-64-75-52-27-8-7-22-49(52)46-47-69(75)79(78(63)64)67-40-13-9-28-55(67)56-29-10-14-41-68(56)79/h1-48H. The van der Waals surface area contributed by atoms with Crippen molar-refractivity contribution in [3.05, 3.63) is 313 Å².